The highest BCUT2D eigenvalue weighted by Gasteiger charge is 2.20. The highest BCUT2D eigenvalue weighted by molar-refractivity contribution is 5.94. The van der Waals surface area contributed by atoms with Gasteiger partial charge < -0.3 is 24.1 Å². The molecule has 2 saturated heterocycles. The lowest BCUT2D eigenvalue weighted by Gasteiger charge is -2.29. The monoisotopic (exact) mass is 405 g/mol. The molecule has 1 aromatic carbocycles. The highest BCUT2D eigenvalue weighted by Crippen LogP contribution is 2.34. The van der Waals surface area contributed by atoms with Crippen LogP contribution >= 0.6 is 0 Å². The Labute approximate surface area is 173 Å². The smallest absolute Gasteiger partial charge is 0.232 e. The van der Waals surface area contributed by atoms with Crippen molar-refractivity contribution in [2.45, 2.75) is 12.5 Å². The number of anilines is 1. The van der Waals surface area contributed by atoms with Gasteiger partial charge in [0.2, 0.25) is 5.88 Å². The third kappa shape index (κ3) is 3.09. The SMILES string of the molecule is c1cc(N2CCOCC2)c2cc(-c3cnc4ccc(OC5CCNC5)nn34)oc2c1. The summed E-state index contributed by atoms with van der Waals surface area (Å²) < 4.78 is 19.5. The number of nitrogens with one attached hydrogen (secondary N) is 1. The van der Waals surface area contributed by atoms with E-state index in [1.165, 1.54) is 5.69 Å². The van der Waals surface area contributed by atoms with E-state index in [0.29, 0.717) is 5.88 Å². The Bertz CT molecular complexity index is 1190. The minimum absolute atomic E-state index is 0.157. The molecule has 0 amide bonds. The molecule has 1 atom stereocenters. The van der Waals surface area contributed by atoms with Crippen LogP contribution in [0.15, 0.2) is 47.0 Å². The lowest BCUT2D eigenvalue weighted by molar-refractivity contribution is 0.123. The first-order chi connectivity index (χ1) is 14.8. The van der Waals surface area contributed by atoms with Crippen molar-refractivity contribution >= 4 is 22.3 Å². The molecule has 3 aromatic heterocycles. The average Bonchev–Trinajstić information content (AvgIpc) is 3.53. The summed E-state index contributed by atoms with van der Waals surface area (Å²) >= 11 is 0. The number of hydrogen-bond acceptors (Lipinski definition) is 7. The van der Waals surface area contributed by atoms with Crippen LogP contribution in [-0.2, 0) is 4.74 Å². The number of rotatable bonds is 4. The summed E-state index contributed by atoms with van der Waals surface area (Å²) in [5, 5.41) is 9.08. The van der Waals surface area contributed by atoms with Gasteiger partial charge in [-0.05, 0) is 37.2 Å². The molecule has 2 fully saturated rings. The van der Waals surface area contributed by atoms with Crippen molar-refractivity contribution in [3.63, 3.8) is 0 Å². The molecular formula is C22H23N5O3. The molecule has 0 radical (unpaired) electrons. The van der Waals surface area contributed by atoms with Crippen LogP contribution in [0.5, 0.6) is 5.88 Å². The third-order valence-corrected chi connectivity index (χ3v) is 5.78. The van der Waals surface area contributed by atoms with Crippen LogP contribution in [0.4, 0.5) is 5.69 Å². The Morgan fingerprint density at radius 3 is 2.93 bits per heavy atom. The molecule has 0 spiro atoms. The van der Waals surface area contributed by atoms with Gasteiger partial charge in [0.1, 0.15) is 17.4 Å². The van der Waals surface area contributed by atoms with Crippen molar-refractivity contribution in [3.8, 4) is 17.3 Å². The Hall–Kier alpha value is -3.10. The Kier molecular flexibility index (Phi) is 4.32. The Balaban J connectivity index is 1.39. The van der Waals surface area contributed by atoms with Gasteiger partial charge in [0, 0.05) is 36.8 Å². The van der Waals surface area contributed by atoms with E-state index in [9.17, 15) is 0 Å². The number of morpholine rings is 1. The first-order valence-electron chi connectivity index (χ1n) is 10.4. The maximum absolute atomic E-state index is 6.22. The second kappa shape index (κ2) is 7.30. The number of benzene rings is 1. The van der Waals surface area contributed by atoms with E-state index in [1.54, 1.807) is 10.7 Å². The molecule has 6 rings (SSSR count). The van der Waals surface area contributed by atoms with Crippen molar-refractivity contribution in [1.82, 2.24) is 19.9 Å². The van der Waals surface area contributed by atoms with Crippen molar-refractivity contribution in [3.05, 3.63) is 42.6 Å². The normalized spacial score (nSPS) is 19.7. The first-order valence-corrected chi connectivity index (χ1v) is 10.4. The topological polar surface area (TPSA) is 77.1 Å². The van der Waals surface area contributed by atoms with Gasteiger partial charge >= 0.3 is 0 Å². The predicted molar refractivity (Wildman–Crippen MR) is 113 cm³/mol. The number of aromatic nitrogens is 3. The lowest BCUT2D eigenvalue weighted by Crippen LogP contribution is -2.36. The molecular weight excluding hydrogens is 382 g/mol. The Morgan fingerprint density at radius 1 is 1.13 bits per heavy atom. The van der Waals surface area contributed by atoms with Gasteiger partial charge in [0.05, 0.1) is 19.4 Å². The van der Waals surface area contributed by atoms with Crippen LogP contribution in [0.1, 0.15) is 6.42 Å². The largest absolute Gasteiger partial charge is 0.472 e. The number of imidazole rings is 1. The number of ether oxygens (including phenoxy) is 2. The summed E-state index contributed by atoms with van der Waals surface area (Å²) in [6.07, 6.45) is 2.95. The van der Waals surface area contributed by atoms with Crippen molar-refractivity contribution in [1.29, 1.82) is 0 Å². The summed E-state index contributed by atoms with van der Waals surface area (Å²) in [4.78, 5) is 6.84. The van der Waals surface area contributed by atoms with E-state index in [0.717, 1.165) is 73.9 Å². The van der Waals surface area contributed by atoms with E-state index in [4.69, 9.17) is 13.9 Å². The predicted octanol–water partition coefficient (Wildman–Crippen LogP) is 2.72. The van der Waals surface area contributed by atoms with E-state index in [1.807, 2.05) is 24.3 Å². The molecule has 8 heteroatoms. The molecule has 2 aliphatic rings. The quantitative estimate of drug-likeness (QED) is 0.559. The fourth-order valence-corrected chi connectivity index (χ4v) is 4.24. The molecule has 0 aliphatic carbocycles. The molecule has 154 valence electrons. The van der Waals surface area contributed by atoms with Gasteiger partial charge in [0.15, 0.2) is 11.4 Å². The van der Waals surface area contributed by atoms with Crippen molar-refractivity contribution in [2.24, 2.45) is 0 Å². The zero-order valence-electron chi connectivity index (χ0n) is 16.6. The molecule has 8 nitrogen and oxygen atoms in total. The minimum atomic E-state index is 0.157. The van der Waals surface area contributed by atoms with E-state index in [2.05, 4.69) is 32.4 Å². The van der Waals surface area contributed by atoms with Crippen LogP contribution in [-0.4, -0.2) is 60.1 Å². The maximum Gasteiger partial charge on any atom is 0.232 e. The van der Waals surface area contributed by atoms with Gasteiger partial charge in [-0.15, -0.1) is 5.10 Å². The highest BCUT2D eigenvalue weighted by atomic mass is 16.5. The van der Waals surface area contributed by atoms with Crippen LogP contribution in [0.2, 0.25) is 0 Å². The van der Waals surface area contributed by atoms with Crippen molar-refractivity contribution in [2.75, 3.05) is 44.3 Å². The van der Waals surface area contributed by atoms with Crippen LogP contribution in [0.3, 0.4) is 0 Å². The number of nitrogens with zero attached hydrogens (tertiary/aromatic N) is 4. The van der Waals surface area contributed by atoms with E-state index < -0.39 is 0 Å². The summed E-state index contributed by atoms with van der Waals surface area (Å²) in [6.45, 7) is 5.09. The molecule has 0 saturated carbocycles. The van der Waals surface area contributed by atoms with Crippen molar-refractivity contribution < 1.29 is 13.9 Å². The number of fused-ring (bicyclic) bond motifs is 2. The maximum atomic E-state index is 6.22. The van der Waals surface area contributed by atoms with E-state index >= 15 is 0 Å². The standard InChI is InChI=1S/C22H23N5O3/c1-2-17(26-8-10-28-11-9-26)16-12-20(30-19(16)3-1)18-14-24-21-4-5-22(25-27(18)21)29-15-6-7-23-13-15/h1-5,12,14-15,23H,6-11,13H2. The molecule has 0 bridgehead atoms. The Morgan fingerprint density at radius 2 is 2.07 bits per heavy atom. The molecule has 5 heterocycles. The zero-order valence-corrected chi connectivity index (χ0v) is 16.6. The van der Waals surface area contributed by atoms with Crippen LogP contribution in [0.25, 0.3) is 28.1 Å². The van der Waals surface area contributed by atoms with Crippen LogP contribution in [0, 0.1) is 0 Å². The molecule has 1 unspecified atom stereocenters. The van der Waals surface area contributed by atoms with Gasteiger partial charge in [0.25, 0.3) is 0 Å². The number of furan rings is 1. The molecule has 4 aromatic rings. The molecule has 1 N–H and O–H groups in total. The summed E-state index contributed by atoms with van der Waals surface area (Å²) in [7, 11) is 0. The van der Waals surface area contributed by atoms with Gasteiger partial charge in [-0.25, -0.2) is 9.50 Å². The third-order valence-electron chi connectivity index (χ3n) is 5.78. The van der Waals surface area contributed by atoms with Crippen LogP contribution < -0.4 is 15.0 Å². The summed E-state index contributed by atoms with van der Waals surface area (Å²) in [5.74, 6) is 1.34. The first kappa shape index (κ1) is 17.7. The lowest BCUT2D eigenvalue weighted by atomic mass is 10.2. The molecule has 30 heavy (non-hydrogen) atoms. The van der Waals surface area contributed by atoms with Gasteiger partial charge in [-0.1, -0.05) is 6.07 Å². The zero-order chi connectivity index (χ0) is 19.9. The minimum Gasteiger partial charge on any atom is -0.472 e. The molecule has 2 aliphatic heterocycles. The summed E-state index contributed by atoms with van der Waals surface area (Å²) in [6, 6.07) is 12.1. The number of hydrogen-bond donors (Lipinski definition) is 1. The fraction of sp³-hybridized carbons (Fsp3) is 0.364. The second-order valence-corrected chi connectivity index (χ2v) is 7.72. The second-order valence-electron chi connectivity index (χ2n) is 7.72. The summed E-state index contributed by atoms with van der Waals surface area (Å²) in [5.41, 5.74) is 3.60. The van der Waals surface area contributed by atoms with Gasteiger partial charge in [-0.3, -0.25) is 0 Å². The average molecular weight is 405 g/mol. The van der Waals surface area contributed by atoms with Gasteiger partial charge in [-0.2, -0.15) is 0 Å². The fourth-order valence-electron chi connectivity index (χ4n) is 4.24. The van der Waals surface area contributed by atoms with E-state index in [-0.39, 0.29) is 6.10 Å².